The molecule has 3 rings (SSSR count). The van der Waals surface area contributed by atoms with E-state index in [4.69, 9.17) is 11.6 Å². The van der Waals surface area contributed by atoms with Crippen LogP contribution in [0.15, 0.2) is 39.0 Å². The lowest BCUT2D eigenvalue weighted by Gasteiger charge is -2.11. The molecule has 0 aliphatic rings. The summed E-state index contributed by atoms with van der Waals surface area (Å²) >= 11 is 6.32. The molecule has 3 aromatic rings. The maximum absolute atomic E-state index is 12.8. The highest BCUT2D eigenvalue weighted by Gasteiger charge is 2.19. The molecule has 28 heavy (non-hydrogen) atoms. The van der Waals surface area contributed by atoms with Gasteiger partial charge in [-0.15, -0.1) is 0 Å². The van der Waals surface area contributed by atoms with Gasteiger partial charge in [0.25, 0.3) is 5.56 Å². The molecular weight excluding hydrogens is 380 g/mol. The quantitative estimate of drug-likeness (QED) is 0.507. The van der Waals surface area contributed by atoms with Crippen LogP contribution >= 0.6 is 11.6 Å². The van der Waals surface area contributed by atoms with E-state index in [0.717, 1.165) is 28.7 Å². The number of benzene rings is 1. The molecule has 1 aromatic carbocycles. The van der Waals surface area contributed by atoms with Crippen molar-refractivity contribution < 1.29 is 0 Å². The molecule has 0 atom stereocenters. The number of halogens is 1. The maximum atomic E-state index is 12.8. The molecular formula is C19H23ClN6O2. The van der Waals surface area contributed by atoms with Gasteiger partial charge in [-0.25, -0.2) is 10.2 Å². The SMILES string of the molecule is CCC/C(C)=N\Nc1nc2c(c(=O)n(C)c(=O)n2C)n1Cc1ccccc1Cl. The molecule has 0 saturated carbocycles. The molecule has 0 bridgehead atoms. The standard InChI is InChI=1S/C19H23ClN6O2/c1-5-8-12(2)22-23-18-21-16-15(17(27)25(4)19(28)24(16)3)26(18)11-13-9-6-7-10-14(13)20/h6-7,9-10H,5,8,11H2,1-4H3,(H,21,23)/b22-12-. The van der Waals surface area contributed by atoms with Crippen molar-refractivity contribution in [2.24, 2.45) is 19.2 Å². The van der Waals surface area contributed by atoms with E-state index < -0.39 is 11.2 Å². The normalized spacial score (nSPS) is 12.0. The zero-order chi connectivity index (χ0) is 20.4. The van der Waals surface area contributed by atoms with Gasteiger partial charge >= 0.3 is 5.69 Å². The Kier molecular flexibility index (Phi) is 5.69. The molecule has 0 unspecified atom stereocenters. The first-order valence-corrected chi connectivity index (χ1v) is 9.41. The topological polar surface area (TPSA) is 86.2 Å². The fourth-order valence-corrected chi connectivity index (χ4v) is 3.24. The summed E-state index contributed by atoms with van der Waals surface area (Å²) in [5.41, 5.74) is 4.46. The molecule has 0 spiro atoms. The number of hydrazone groups is 1. The van der Waals surface area contributed by atoms with Gasteiger partial charge in [0.05, 0.1) is 6.54 Å². The van der Waals surface area contributed by atoms with Crippen molar-refractivity contribution in [3.05, 3.63) is 55.7 Å². The molecule has 9 heteroatoms. The number of imidazole rings is 1. The molecule has 2 heterocycles. The summed E-state index contributed by atoms with van der Waals surface area (Å²) in [6.45, 7) is 4.31. The van der Waals surface area contributed by atoms with E-state index in [2.05, 4.69) is 22.4 Å². The van der Waals surface area contributed by atoms with E-state index in [1.54, 1.807) is 17.7 Å². The summed E-state index contributed by atoms with van der Waals surface area (Å²) in [5.74, 6) is 0.378. The average Bonchev–Trinajstić information content (AvgIpc) is 3.03. The summed E-state index contributed by atoms with van der Waals surface area (Å²) in [5, 5.41) is 4.95. The van der Waals surface area contributed by atoms with Gasteiger partial charge in [-0.3, -0.25) is 18.5 Å². The number of rotatable bonds is 6. The van der Waals surface area contributed by atoms with Crippen LogP contribution in [0.2, 0.25) is 5.02 Å². The van der Waals surface area contributed by atoms with Gasteiger partial charge in [-0.05, 0) is 25.0 Å². The Balaban J connectivity index is 2.23. The smallest absolute Gasteiger partial charge is 0.298 e. The van der Waals surface area contributed by atoms with Crippen LogP contribution in [0.5, 0.6) is 0 Å². The largest absolute Gasteiger partial charge is 0.332 e. The lowest BCUT2D eigenvalue weighted by atomic mass is 10.2. The molecule has 0 aliphatic heterocycles. The number of anilines is 1. The van der Waals surface area contributed by atoms with Crippen LogP contribution in [0.1, 0.15) is 32.3 Å². The van der Waals surface area contributed by atoms with Crippen molar-refractivity contribution >= 4 is 34.4 Å². The van der Waals surface area contributed by atoms with Crippen molar-refractivity contribution in [3.8, 4) is 0 Å². The fraction of sp³-hybridized carbons (Fsp3) is 0.368. The van der Waals surface area contributed by atoms with Gasteiger partial charge in [0.15, 0.2) is 11.2 Å². The van der Waals surface area contributed by atoms with Crippen LogP contribution in [-0.4, -0.2) is 24.4 Å². The molecule has 1 N–H and O–H groups in total. The second-order valence-corrected chi connectivity index (χ2v) is 7.11. The van der Waals surface area contributed by atoms with E-state index in [1.807, 2.05) is 25.1 Å². The molecule has 0 saturated heterocycles. The average molecular weight is 403 g/mol. The Morgan fingerprint density at radius 1 is 1.21 bits per heavy atom. The second kappa shape index (κ2) is 8.02. The molecule has 0 fully saturated rings. The summed E-state index contributed by atoms with van der Waals surface area (Å²) in [4.78, 5) is 29.6. The Morgan fingerprint density at radius 3 is 2.61 bits per heavy atom. The predicted molar refractivity (Wildman–Crippen MR) is 112 cm³/mol. The number of fused-ring (bicyclic) bond motifs is 1. The lowest BCUT2D eigenvalue weighted by molar-refractivity contribution is 0.702. The van der Waals surface area contributed by atoms with Crippen LogP contribution in [-0.2, 0) is 20.6 Å². The van der Waals surface area contributed by atoms with Crippen LogP contribution in [0.4, 0.5) is 5.95 Å². The third-order valence-electron chi connectivity index (χ3n) is 4.59. The lowest BCUT2D eigenvalue weighted by Crippen LogP contribution is -2.37. The molecule has 148 valence electrons. The van der Waals surface area contributed by atoms with Gasteiger partial charge in [-0.2, -0.15) is 10.1 Å². The van der Waals surface area contributed by atoms with E-state index in [0.29, 0.717) is 28.7 Å². The number of nitrogens with one attached hydrogen (secondary N) is 1. The Hall–Kier alpha value is -2.87. The van der Waals surface area contributed by atoms with Crippen LogP contribution in [0.25, 0.3) is 11.2 Å². The number of hydrogen-bond donors (Lipinski definition) is 1. The highest BCUT2D eigenvalue weighted by Crippen LogP contribution is 2.22. The number of aryl methyl sites for hydroxylation is 1. The van der Waals surface area contributed by atoms with Crippen molar-refractivity contribution in [1.82, 2.24) is 18.7 Å². The predicted octanol–water partition coefficient (Wildman–Crippen LogP) is 2.72. The number of hydrogen-bond acceptors (Lipinski definition) is 5. The van der Waals surface area contributed by atoms with E-state index in [9.17, 15) is 9.59 Å². The first-order chi connectivity index (χ1) is 13.3. The minimum atomic E-state index is -0.433. The summed E-state index contributed by atoms with van der Waals surface area (Å²) in [6, 6.07) is 7.40. The molecule has 0 aliphatic carbocycles. The number of aromatic nitrogens is 4. The Bertz CT molecular complexity index is 1170. The van der Waals surface area contributed by atoms with Crippen molar-refractivity contribution in [2.75, 3.05) is 5.43 Å². The van der Waals surface area contributed by atoms with E-state index in [1.165, 1.54) is 11.6 Å². The van der Waals surface area contributed by atoms with Gasteiger partial charge in [0, 0.05) is 24.8 Å². The highest BCUT2D eigenvalue weighted by molar-refractivity contribution is 6.31. The minimum absolute atomic E-state index is 0.297. The van der Waals surface area contributed by atoms with Gasteiger partial charge in [-0.1, -0.05) is 43.1 Å². The summed E-state index contributed by atoms with van der Waals surface area (Å²) < 4.78 is 4.14. The zero-order valence-corrected chi connectivity index (χ0v) is 17.1. The monoisotopic (exact) mass is 402 g/mol. The van der Waals surface area contributed by atoms with Gasteiger partial charge < -0.3 is 0 Å². The summed E-state index contributed by atoms with van der Waals surface area (Å²) in [6.07, 6.45) is 1.82. The van der Waals surface area contributed by atoms with Gasteiger partial charge in [0.2, 0.25) is 5.95 Å². The number of nitrogens with zero attached hydrogens (tertiary/aromatic N) is 5. The second-order valence-electron chi connectivity index (χ2n) is 6.70. The van der Waals surface area contributed by atoms with Crippen LogP contribution < -0.4 is 16.7 Å². The van der Waals surface area contributed by atoms with Crippen LogP contribution in [0, 0.1) is 0 Å². The van der Waals surface area contributed by atoms with Gasteiger partial charge in [0.1, 0.15) is 0 Å². The third kappa shape index (κ3) is 3.60. The Morgan fingerprint density at radius 2 is 1.93 bits per heavy atom. The molecule has 2 aromatic heterocycles. The van der Waals surface area contributed by atoms with E-state index in [-0.39, 0.29) is 0 Å². The molecule has 0 radical (unpaired) electrons. The fourth-order valence-electron chi connectivity index (χ4n) is 3.05. The highest BCUT2D eigenvalue weighted by atomic mass is 35.5. The van der Waals surface area contributed by atoms with Crippen molar-refractivity contribution in [2.45, 2.75) is 33.2 Å². The first kappa shape index (κ1) is 19.9. The minimum Gasteiger partial charge on any atom is -0.298 e. The molecule has 8 nitrogen and oxygen atoms in total. The molecule has 0 amide bonds. The summed E-state index contributed by atoms with van der Waals surface area (Å²) in [7, 11) is 3.04. The maximum Gasteiger partial charge on any atom is 0.332 e. The Labute approximate surface area is 167 Å². The van der Waals surface area contributed by atoms with E-state index >= 15 is 0 Å². The zero-order valence-electron chi connectivity index (χ0n) is 16.4. The first-order valence-electron chi connectivity index (χ1n) is 9.04. The van der Waals surface area contributed by atoms with Crippen LogP contribution in [0.3, 0.4) is 0 Å². The van der Waals surface area contributed by atoms with Crippen molar-refractivity contribution in [1.29, 1.82) is 0 Å². The van der Waals surface area contributed by atoms with Crippen molar-refractivity contribution in [3.63, 3.8) is 0 Å². The third-order valence-corrected chi connectivity index (χ3v) is 4.96.